The van der Waals surface area contributed by atoms with Gasteiger partial charge in [-0.3, -0.25) is 10.1 Å². The average Bonchev–Trinajstić information content (AvgIpc) is 2.47. The molecule has 0 fully saturated rings. The first-order chi connectivity index (χ1) is 10.0. The topological polar surface area (TPSA) is 112 Å². The van der Waals surface area contributed by atoms with Crippen molar-refractivity contribution < 1.29 is 24.3 Å². The molecule has 0 aliphatic carbocycles. The molecule has 21 heavy (non-hydrogen) atoms. The van der Waals surface area contributed by atoms with Gasteiger partial charge >= 0.3 is 5.97 Å². The third-order valence-corrected chi connectivity index (χ3v) is 2.51. The standard InChI is InChI=1S/C13H10N2O6/c1-20-9-5-8(15(18)19)6-10(7-9)21-11-3-2-4-14-12(11)13(16)17/h2-7H,1H3,(H,16,17). The van der Waals surface area contributed by atoms with Crippen LogP contribution in [0.4, 0.5) is 5.69 Å². The first-order valence-corrected chi connectivity index (χ1v) is 5.71. The summed E-state index contributed by atoms with van der Waals surface area (Å²) < 4.78 is 10.3. The molecule has 2 aromatic rings. The van der Waals surface area contributed by atoms with Crippen LogP contribution in [0.5, 0.6) is 17.2 Å². The summed E-state index contributed by atoms with van der Waals surface area (Å²) in [6, 6.07) is 6.71. The summed E-state index contributed by atoms with van der Waals surface area (Å²) in [4.78, 5) is 25.0. The van der Waals surface area contributed by atoms with Crippen molar-refractivity contribution in [2.75, 3.05) is 7.11 Å². The Morgan fingerprint density at radius 2 is 2.05 bits per heavy atom. The van der Waals surface area contributed by atoms with Gasteiger partial charge in [0.25, 0.3) is 5.69 Å². The molecule has 0 spiro atoms. The Labute approximate surface area is 118 Å². The third kappa shape index (κ3) is 3.24. The molecular formula is C13H10N2O6. The minimum Gasteiger partial charge on any atom is -0.496 e. The van der Waals surface area contributed by atoms with Gasteiger partial charge in [0, 0.05) is 12.3 Å². The van der Waals surface area contributed by atoms with Gasteiger partial charge in [-0.15, -0.1) is 0 Å². The monoisotopic (exact) mass is 290 g/mol. The minimum atomic E-state index is -1.26. The lowest BCUT2D eigenvalue weighted by atomic mass is 10.2. The molecular weight excluding hydrogens is 280 g/mol. The summed E-state index contributed by atoms with van der Waals surface area (Å²) in [5, 5.41) is 19.8. The maximum absolute atomic E-state index is 11.0. The van der Waals surface area contributed by atoms with E-state index in [1.165, 1.54) is 43.6 Å². The largest absolute Gasteiger partial charge is 0.496 e. The number of aromatic nitrogens is 1. The van der Waals surface area contributed by atoms with E-state index in [2.05, 4.69) is 4.98 Å². The van der Waals surface area contributed by atoms with E-state index in [0.29, 0.717) is 0 Å². The Kier molecular flexibility index (Phi) is 3.98. The number of benzene rings is 1. The second-order valence-corrected chi connectivity index (χ2v) is 3.88. The third-order valence-electron chi connectivity index (χ3n) is 2.51. The molecule has 8 heteroatoms. The number of rotatable bonds is 5. The lowest BCUT2D eigenvalue weighted by molar-refractivity contribution is -0.385. The molecule has 0 aliphatic heterocycles. The number of hydrogen-bond donors (Lipinski definition) is 1. The van der Waals surface area contributed by atoms with E-state index < -0.39 is 10.9 Å². The quantitative estimate of drug-likeness (QED) is 0.664. The fourth-order valence-corrected chi connectivity index (χ4v) is 1.60. The zero-order chi connectivity index (χ0) is 15.4. The molecule has 0 saturated carbocycles. The van der Waals surface area contributed by atoms with Crippen molar-refractivity contribution >= 4 is 11.7 Å². The van der Waals surface area contributed by atoms with Gasteiger partial charge in [0.15, 0.2) is 11.4 Å². The number of carboxylic acids is 1. The molecule has 1 aromatic heterocycles. The SMILES string of the molecule is COc1cc(Oc2cccnc2C(=O)O)cc([N+](=O)[O-])c1. The molecule has 0 unspecified atom stereocenters. The molecule has 108 valence electrons. The highest BCUT2D eigenvalue weighted by Crippen LogP contribution is 2.31. The van der Waals surface area contributed by atoms with Gasteiger partial charge in [0.2, 0.25) is 0 Å². The summed E-state index contributed by atoms with van der Waals surface area (Å²) in [7, 11) is 1.36. The number of nitro benzene ring substituents is 1. The number of pyridine rings is 1. The van der Waals surface area contributed by atoms with Crippen LogP contribution in [0.1, 0.15) is 10.5 Å². The van der Waals surface area contributed by atoms with Gasteiger partial charge in [-0.2, -0.15) is 0 Å². The molecule has 0 aliphatic rings. The first-order valence-electron chi connectivity index (χ1n) is 5.71. The van der Waals surface area contributed by atoms with E-state index >= 15 is 0 Å². The lowest BCUT2D eigenvalue weighted by Gasteiger charge is -2.09. The minimum absolute atomic E-state index is 0.0208. The Hall–Kier alpha value is -3.16. The second kappa shape index (κ2) is 5.87. The van der Waals surface area contributed by atoms with Crippen LogP contribution in [0.15, 0.2) is 36.5 Å². The van der Waals surface area contributed by atoms with Crippen molar-refractivity contribution in [2.24, 2.45) is 0 Å². The molecule has 0 radical (unpaired) electrons. The Balaban J connectivity index is 2.42. The van der Waals surface area contributed by atoms with Crippen LogP contribution >= 0.6 is 0 Å². The number of carboxylic acid groups (broad SMARTS) is 1. The smallest absolute Gasteiger partial charge is 0.358 e. The van der Waals surface area contributed by atoms with Gasteiger partial charge < -0.3 is 14.6 Å². The number of methoxy groups -OCH3 is 1. The van der Waals surface area contributed by atoms with E-state index in [1.54, 1.807) is 0 Å². The van der Waals surface area contributed by atoms with Crippen molar-refractivity contribution in [3.05, 3.63) is 52.3 Å². The van der Waals surface area contributed by atoms with Crippen molar-refractivity contribution in [1.29, 1.82) is 0 Å². The summed E-state index contributed by atoms with van der Waals surface area (Å²) in [6.07, 6.45) is 1.31. The van der Waals surface area contributed by atoms with Crippen LogP contribution in [-0.2, 0) is 0 Å². The fraction of sp³-hybridized carbons (Fsp3) is 0.0769. The highest BCUT2D eigenvalue weighted by molar-refractivity contribution is 5.88. The number of nitro groups is 1. The van der Waals surface area contributed by atoms with Crippen LogP contribution in [0.3, 0.4) is 0 Å². The van der Waals surface area contributed by atoms with Gasteiger partial charge in [-0.25, -0.2) is 9.78 Å². The number of nitrogens with zero attached hydrogens (tertiary/aromatic N) is 2. The number of hydrogen-bond acceptors (Lipinski definition) is 6. The fourth-order valence-electron chi connectivity index (χ4n) is 1.60. The van der Waals surface area contributed by atoms with Crippen molar-refractivity contribution in [2.45, 2.75) is 0 Å². The van der Waals surface area contributed by atoms with E-state index in [0.717, 1.165) is 0 Å². The normalized spacial score (nSPS) is 9.95. The number of ether oxygens (including phenoxy) is 2. The summed E-state index contributed by atoms with van der Waals surface area (Å²) >= 11 is 0. The van der Waals surface area contributed by atoms with Gasteiger partial charge in [-0.1, -0.05) is 0 Å². The Bertz CT molecular complexity index is 701. The number of aromatic carboxylic acids is 1. The first kappa shape index (κ1) is 14.3. The summed E-state index contributed by atoms with van der Waals surface area (Å²) in [6.45, 7) is 0. The maximum Gasteiger partial charge on any atom is 0.358 e. The van der Waals surface area contributed by atoms with E-state index in [1.807, 2.05) is 0 Å². The van der Waals surface area contributed by atoms with Crippen LogP contribution < -0.4 is 9.47 Å². The van der Waals surface area contributed by atoms with Gasteiger partial charge in [0.1, 0.15) is 11.5 Å². The predicted molar refractivity (Wildman–Crippen MR) is 70.9 cm³/mol. The van der Waals surface area contributed by atoms with Crippen LogP contribution in [0, 0.1) is 10.1 Å². The van der Waals surface area contributed by atoms with Crippen LogP contribution in [0.2, 0.25) is 0 Å². The zero-order valence-corrected chi connectivity index (χ0v) is 10.8. The Morgan fingerprint density at radius 3 is 2.67 bits per heavy atom. The van der Waals surface area contributed by atoms with E-state index in [4.69, 9.17) is 14.6 Å². The molecule has 0 amide bonds. The van der Waals surface area contributed by atoms with Gasteiger partial charge in [0.05, 0.1) is 24.2 Å². The molecule has 0 atom stereocenters. The molecule has 0 saturated heterocycles. The van der Waals surface area contributed by atoms with Crippen LogP contribution in [0.25, 0.3) is 0 Å². The number of non-ortho nitro benzene ring substituents is 1. The van der Waals surface area contributed by atoms with E-state index in [-0.39, 0.29) is 28.6 Å². The molecule has 8 nitrogen and oxygen atoms in total. The summed E-state index contributed by atoms with van der Waals surface area (Å²) in [5.41, 5.74) is -0.520. The van der Waals surface area contributed by atoms with E-state index in [9.17, 15) is 14.9 Å². The molecule has 2 rings (SSSR count). The summed E-state index contributed by atoms with van der Waals surface area (Å²) in [5.74, 6) is -0.980. The van der Waals surface area contributed by atoms with Crippen molar-refractivity contribution in [1.82, 2.24) is 4.98 Å². The molecule has 1 aromatic carbocycles. The van der Waals surface area contributed by atoms with Crippen LogP contribution in [-0.4, -0.2) is 28.1 Å². The highest BCUT2D eigenvalue weighted by atomic mass is 16.6. The zero-order valence-electron chi connectivity index (χ0n) is 10.8. The predicted octanol–water partition coefficient (Wildman–Crippen LogP) is 2.49. The highest BCUT2D eigenvalue weighted by Gasteiger charge is 2.16. The average molecular weight is 290 g/mol. The lowest BCUT2D eigenvalue weighted by Crippen LogP contribution is -2.03. The van der Waals surface area contributed by atoms with Crippen molar-refractivity contribution in [3.8, 4) is 17.2 Å². The molecule has 1 heterocycles. The second-order valence-electron chi connectivity index (χ2n) is 3.88. The maximum atomic E-state index is 11.0. The molecule has 0 bridgehead atoms. The number of carbonyl (C=O) groups is 1. The Morgan fingerprint density at radius 1 is 1.33 bits per heavy atom. The van der Waals surface area contributed by atoms with Gasteiger partial charge in [-0.05, 0) is 12.1 Å². The van der Waals surface area contributed by atoms with Crippen molar-refractivity contribution in [3.63, 3.8) is 0 Å². The molecule has 1 N–H and O–H groups in total.